The van der Waals surface area contributed by atoms with Gasteiger partial charge in [0.2, 0.25) is 0 Å². The van der Waals surface area contributed by atoms with Gasteiger partial charge >= 0.3 is 0 Å². The van der Waals surface area contributed by atoms with Gasteiger partial charge in [-0.25, -0.2) is 0 Å². The average Bonchev–Trinajstić information content (AvgIpc) is 2.07. The van der Waals surface area contributed by atoms with Gasteiger partial charge in [-0.1, -0.05) is 32.6 Å². The lowest BCUT2D eigenvalue weighted by Gasteiger charge is -2.35. The van der Waals surface area contributed by atoms with Gasteiger partial charge in [-0.05, 0) is 24.7 Å². The van der Waals surface area contributed by atoms with E-state index in [1.807, 2.05) is 0 Å². The van der Waals surface area contributed by atoms with Crippen LogP contribution in [0.25, 0.3) is 0 Å². The van der Waals surface area contributed by atoms with Crippen LogP contribution >= 0.6 is 0 Å². The van der Waals surface area contributed by atoms with Crippen LogP contribution < -0.4 is 0 Å². The van der Waals surface area contributed by atoms with Crippen molar-refractivity contribution in [1.29, 1.82) is 5.26 Å². The van der Waals surface area contributed by atoms with E-state index in [0.717, 1.165) is 6.42 Å². The first-order chi connectivity index (χ1) is 5.83. The second kappa shape index (κ2) is 4.50. The molecule has 1 rings (SSSR count). The minimum absolute atomic E-state index is 0.418. The van der Waals surface area contributed by atoms with Gasteiger partial charge in [0, 0.05) is 6.42 Å². The summed E-state index contributed by atoms with van der Waals surface area (Å²) in [6, 6.07) is 2.36. The maximum Gasteiger partial charge on any atom is 0.0627 e. The van der Waals surface area contributed by atoms with Crippen molar-refractivity contribution in [3.05, 3.63) is 0 Å². The molecule has 0 saturated heterocycles. The molecule has 12 heavy (non-hydrogen) atoms. The molecule has 1 heteroatoms. The van der Waals surface area contributed by atoms with E-state index in [9.17, 15) is 0 Å². The fourth-order valence-electron chi connectivity index (χ4n) is 2.51. The average molecular weight is 165 g/mol. The van der Waals surface area contributed by atoms with Gasteiger partial charge in [0.25, 0.3) is 0 Å². The van der Waals surface area contributed by atoms with Crippen molar-refractivity contribution in [3.63, 3.8) is 0 Å². The lowest BCUT2D eigenvalue weighted by molar-refractivity contribution is 0.176. The predicted octanol–water partition coefficient (Wildman–Crippen LogP) is 3.65. The lowest BCUT2D eigenvalue weighted by Crippen LogP contribution is -2.23. The van der Waals surface area contributed by atoms with Crippen LogP contribution in [-0.4, -0.2) is 0 Å². The highest BCUT2D eigenvalue weighted by Crippen LogP contribution is 2.42. The molecule has 1 aliphatic carbocycles. The van der Waals surface area contributed by atoms with Crippen LogP contribution in [0.5, 0.6) is 0 Å². The minimum Gasteiger partial charge on any atom is -0.198 e. The summed E-state index contributed by atoms with van der Waals surface area (Å²) in [7, 11) is 0. The first-order valence-electron chi connectivity index (χ1n) is 5.20. The second-order valence-electron chi connectivity index (χ2n) is 4.15. The SMILES string of the molecule is CCCC1(CC#N)CCCCC1. The highest BCUT2D eigenvalue weighted by molar-refractivity contribution is 4.90. The van der Waals surface area contributed by atoms with Gasteiger partial charge in [0.05, 0.1) is 6.07 Å². The van der Waals surface area contributed by atoms with Crippen LogP contribution in [-0.2, 0) is 0 Å². The number of rotatable bonds is 3. The zero-order valence-electron chi connectivity index (χ0n) is 8.10. The van der Waals surface area contributed by atoms with Crippen molar-refractivity contribution >= 4 is 0 Å². The van der Waals surface area contributed by atoms with Crippen molar-refractivity contribution < 1.29 is 0 Å². The summed E-state index contributed by atoms with van der Waals surface area (Å²) in [4.78, 5) is 0. The Morgan fingerprint density at radius 3 is 2.42 bits per heavy atom. The van der Waals surface area contributed by atoms with Crippen LogP contribution in [0.1, 0.15) is 58.3 Å². The minimum atomic E-state index is 0.418. The first kappa shape index (κ1) is 9.58. The van der Waals surface area contributed by atoms with Crippen molar-refractivity contribution in [2.45, 2.75) is 58.3 Å². The van der Waals surface area contributed by atoms with Gasteiger partial charge in [0.1, 0.15) is 0 Å². The molecule has 0 N–H and O–H groups in total. The van der Waals surface area contributed by atoms with E-state index in [4.69, 9.17) is 5.26 Å². The Labute approximate surface area is 75.8 Å². The molecule has 0 spiro atoms. The fourth-order valence-corrected chi connectivity index (χ4v) is 2.51. The molecular formula is C11H19N. The van der Waals surface area contributed by atoms with Gasteiger partial charge < -0.3 is 0 Å². The summed E-state index contributed by atoms with van der Waals surface area (Å²) in [5.74, 6) is 0. The third-order valence-electron chi connectivity index (χ3n) is 3.15. The van der Waals surface area contributed by atoms with Crippen molar-refractivity contribution in [2.75, 3.05) is 0 Å². The van der Waals surface area contributed by atoms with Crippen LogP contribution in [0.3, 0.4) is 0 Å². The zero-order valence-corrected chi connectivity index (χ0v) is 8.10. The third-order valence-corrected chi connectivity index (χ3v) is 3.15. The van der Waals surface area contributed by atoms with Gasteiger partial charge in [-0.3, -0.25) is 0 Å². The lowest BCUT2D eigenvalue weighted by atomic mass is 9.69. The van der Waals surface area contributed by atoms with Crippen LogP contribution in [0.2, 0.25) is 0 Å². The molecule has 1 nitrogen and oxygen atoms in total. The topological polar surface area (TPSA) is 23.8 Å². The van der Waals surface area contributed by atoms with Crippen LogP contribution in [0.4, 0.5) is 0 Å². The van der Waals surface area contributed by atoms with E-state index in [0.29, 0.717) is 5.41 Å². The molecule has 0 radical (unpaired) electrons. The Hall–Kier alpha value is -0.510. The summed E-state index contributed by atoms with van der Waals surface area (Å²) in [6.07, 6.45) is 9.98. The fraction of sp³-hybridized carbons (Fsp3) is 0.909. The molecule has 1 saturated carbocycles. The quantitative estimate of drug-likeness (QED) is 0.626. The second-order valence-corrected chi connectivity index (χ2v) is 4.15. The molecule has 1 aliphatic rings. The summed E-state index contributed by atoms with van der Waals surface area (Å²) in [5.41, 5.74) is 0.418. The summed E-state index contributed by atoms with van der Waals surface area (Å²) < 4.78 is 0. The molecule has 0 amide bonds. The van der Waals surface area contributed by atoms with Gasteiger partial charge in [0.15, 0.2) is 0 Å². The zero-order chi connectivity index (χ0) is 8.86. The highest BCUT2D eigenvalue weighted by Gasteiger charge is 2.30. The molecule has 0 bridgehead atoms. The van der Waals surface area contributed by atoms with E-state index in [2.05, 4.69) is 13.0 Å². The molecule has 68 valence electrons. The number of hydrogen-bond acceptors (Lipinski definition) is 1. The highest BCUT2D eigenvalue weighted by atomic mass is 14.4. The van der Waals surface area contributed by atoms with E-state index >= 15 is 0 Å². The molecule has 1 fully saturated rings. The van der Waals surface area contributed by atoms with Crippen molar-refractivity contribution in [2.24, 2.45) is 5.41 Å². The van der Waals surface area contributed by atoms with Crippen molar-refractivity contribution in [3.8, 4) is 6.07 Å². The van der Waals surface area contributed by atoms with E-state index in [1.165, 1.54) is 44.9 Å². The van der Waals surface area contributed by atoms with Crippen molar-refractivity contribution in [1.82, 2.24) is 0 Å². The Kier molecular flexibility index (Phi) is 3.59. The maximum atomic E-state index is 8.76. The summed E-state index contributed by atoms with van der Waals surface area (Å²) >= 11 is 0. The van der Waals surface area contributed by atoms with Crippen LogP contribution in [0.15, 0.2) is 0 Å². The molecular weight excluding hydrogens is 146 g/mol. The molecule has 0 atom stereocenters. The Morgan fingerprint density at radius 2 is 1.92 bits per heavy atom. The Balaban J connectivity index is 2.51. The predicted molar refractivity (Wildman–Crippen MR) is 50.7 cm³/mol. The Morgan fingerprint density at radius 1 is 1.25 bits per heavy atom. The number of hydrogen-bond donors (Lipinski definition) is 0. The Bertz CT molecular complexity index is 155. The summed E-state index contributed by atoms with van der Waals surface area (Å²) in [5, 5.41) is 8.76. The monoisotopic (exact) mass is 165 g/mol. The third kappa shape index (κ3) is 2.24. The molecule has 0 unspecified atom stereocenters. The number of nitrogens with zero attached hydrogens (tertiary/aromatic N) is 1. The molecule has 0 aromatic carbocycles. The summed E-state index contributed by atoms with van der Waals surface area (Å²) in [6.45, 7) is 2.23. The van der Waals surface area contributed by atoms with E-state index in [-0.39, 0.29) is 0 Å². The van der Waals surface area contributed by atoms with E-state index in [1.54, 1.807) is 0 Å². The molecule has 0 aromatic heterocycles. The van der Waals surface area contributed by atoms with E-state index < -0.39 is 0 Å². The molecule has 0 heterocycles. The van der Waals surface area contributed by atoms with Gasteiger partial charge in [-0.15, -0.1) is 0 Å². The normalized spacial score (nSPS) is 21.7. The first-order valence-corrected chi connectivity index (χ1v) is 5.20. The standard InChI is InChI=1S/C11H19N/c1-2-6-11(9-10-12)7-4-3-5-8-11/h2-9H2,1H3. The largest absolute Gasteiger partial charge is 0.198 e. The molecule has 0 aliphatic heterocycles. The smallest absolute Gasteiger partial charge is 0.0627 e. The maximum absolute atomic E-state index is 8.76. The van der Waals surface area contributed by atoms with Gasteiger partial charge in [-0.2, -0.15) is 5.26 Å². The molecule has 0 aromatic rings. The van der Waals surface area contributed by atoms with Crippen LogP contribution in [0, 0.1) is 16.7 Å². The number of nitriles is 1.